The fourth-order valence-electron chi connectivity index (χ4n) is 2.07. The summed E-state index contributed by atoms with van der Waals surface area (Å²) in [6.45, 7) is 7.94. The van der Waals surface area contributed by atoms with Crippen LogP contribution in [0.2, 0.25) is 0 Å². The zero-order chi connectivity index (χ0) is 14.9. The SMILES string of the molecule is Cc1nn(C(C)C)c(C)c1NC(=O)c1ncccc1Br. The highest BCUT2D eigenvalue weighted by molar-refractivity contribution is 9.10. The van der Waals surface area contributed by atoms with Crippen LogP contribution in [-0.4, -0.2) is 20.7 Å². The van der Waals surface area contributed by atoms with Gasteiger partial charge in [-0.1, -0.05) is 0 Å². The highest BCUT2D eigenvalue weighted by Gasteiger charge is 2.18. The van der Waals surface area contributed by atoms with Gasteiger partial charge < -0.3 is 5.32 Å². The van der Waals surface area contributed by atoms with Crippen molar-refractivity contribution in [3.05, 3.63) is 39.9 Å². The third kappa shape index (κ3) is 2.75. The van der Waals surface area contributed by atoms with Crippen LogP contribution in [0.5, 0.6) is 0 Å². The van der Waals surface area contributed by atoms with E-state index in [-0.39, 0.29) is 11.9 Å². The number of hydrogen-bond acceptors (Lipinski definition) is 3. The van der Waals surface area contributed by atoms with E-state index in [0.29, 0.717) is 10.2 Å². The molecular formula is C14H17BrN4O. The fraction of sp³-hybridized carbons (Fsp3) is 0.357. The van der Waals surface area contributed by atoms with Crippen LogP contribution in [0.4, 0.5) is 5.69 Å². The maximum Gasteiger partial charge on any atom is 0.275 e. The zero-order valence-electron chi connectivity index (χ0n) is 11.9. The Morgan fingerprint density at radius 1 is 1.40 bits per heavy atom. The zero-order valence-corrected chi connectivity index (χ0v) is 13.5. The molecule has 1 amide bonds. The van der Waals surface area contributed by atoms with Gasteiger partial charge in [-0.3, -0.25) is 9.48 Å². The third-order valence-corrected chi connectivity index (χ3v) is 3.67. The molecule has 0 unspecified atom stereocenters. The normalized spacial score (nSPS) is 10.9. The molecule has 0 aliphatic rings. The second-order valence-electron chi connectivity index (χ2n) is 4.87. The lowest BCUT2D eigenvalue weighted by Gasteiger charge is -2.09. The number of nitrogens with zero attached hydrogens (tertiary/aromatic N) is 3. The van der Waals surface area contributed by atoms with Crippen LogP contribution < -0.4 is 5.32 Å². The molecule has 2 aromatic heterocycles. The second kappa shape index (κ2) is 5.75. The van der Waals surface area contributed by atoms with Crippen molar-refractivity contribution in [2.75, 3.05) is 5.32 Å². The molecule has 0 spiro atoms. The van der Waals surface area contributed by atoms with Crippen LogP contribution in [0.3, 0.4) is 0 Å². The lowest BCUT2D eigenvalue weighted by atomic mass is 10.2. The van der Waals surface area contributed by atoms with Crippen molar-refractivity contribution in [3.8, 4) is 0 Å². The Balaban J connectivity index is 2.31. The summed E-state index contributed by atoms with van der Waals surface area (Å²) in [5.74, 6) is -0.244. The minimum Gasteiger partial charge on any atom is -0.317 e. The molecule has 106 valence electrons. The van der Waals surface area contributed by atoms with Crippen molar-refractivity contribution >= 4 is 27.5 Å². The van der Waals surface area contributed by atoms with E-state index in [0.717, 1.165) is 17.1 Å². The maximum absolute atomic E-state index is 12.3. The van der Waals surface area contributed by atoms with E-state index in [1.165, 1.54) is 0 Å². The quantitative estimate of drug-likeness (QED) is 0.933. The molecule has 0 fully saturated rings. The first-order valence-corrected chi connectivity index (χ1v) is 7.18. The Kier molecular flexibility index (Phi) is 4.23. The molecule has 20 heavy (non-hydrogen) atoms. The molecule has 6 heteroatoms. The minimum atomic E-state index is -0.244. The largest absolute Gasteiger partial charge is 0.317 e. The molecule has 2 aromatic rings. The summed E-state index contributed by atoms with van der Waals surface area (Å²) in [5, 5.41) is 7.34. The Labute approximate surface area is 126 Å². The molecule has 0 aromatic carbocycles. The molecule has 0 saturated carbocycles. The topological polar surface area (TPSA) is 59.8 Å². The molecule has 1 N–H and O–H groups in total. The number of carbonyl (C=O) groups is 1. The number of nitrogens with one attached hydrogen (secondary N) is 1. The molecule has 5 nitrogen and oxygen atoms in total. The summed E-state index contributed by atoms with van der Waals surface area (Å²) >= 11 is 3.33. The monoisotopic (exact) mass is 336 g/mol. The average molecular weight is 337 g/mol. The Morgan fingerprint density at radius 3 is 2.65 bits per heavy atom. The van der Waals surface area contributed by atoms with Gasteiger partial charge in [-0.05, 0) is 55.8 Å². The molecule has 0 atom stereocenters. The molecule has 0 aliphatic heterocycles. The lowest BCUT2D eigenvalue weighted by Crippen LogP contribution is -2.15. The minimum absolute atomic E-state index is 0.244. The van der Waals surface area contributed by atoms with Gasteiger partial charge in [0, 0.05) is 16.7 Å². The summed E-state index contributed by atoms with van der Waals surface area (Å²) in [5.41, 5.74) is 2.86. The van der Waals surface area contributed by atoms with E-state index in [4.69, 9.17) is 0 Å². The highest BCUT2D eigenvalue weighted by Crippen LogP contribution is 2.23. The predicted octanol–water partition coefficient (Wildman–Crippen LogP) is 3.49. The first kappa shape index (κ1) is 14.7. The van der Waals surface area contributed by atoms with Crippen LogP contribution >= 0.6 is 15.9 Å². The standard InChI is InChI=1S/C14H17BrN4O/c1-8(2)19-10(4)12(9(3)18-19)17-14(20)13-11(15)6-5-7-16-13/h5-8H,1-4H3,(H,17,20). The van der Waals surface area contributed by atoms with Crippen LogP contribution in [-0.2, 0) is 0 Å². The molecule has 2 heterocycles. The Morgan fingerprint density at radius 2 is 2.10 bits per heavy atom. The van der Waals surface area contributed by atoms with Crippen molar-refractivity contribution in [1.82, 2.24) is 14.8 Å². The van der Waals surface area contributed by atoms with E-state index in [1.807, 2.05) is 18.5 Å². The second-order valence-corrected chi connectivity index (χ2v) is 5.73. The van der Waals surface area contributed by atoms with Gasteiger partial charge >= 0.3 is 0 Å². The molecule has 2 rings (SSSR count). The molecule has 0 aliphatic carbocycles. The lowest BCUT2D eigenvalue weighted by molar-refractivity contribution is 0.102. The van der Waals surface area contributed by atoms with E-state index >= 15 is 0 Å². The number of aryl methyl sites for hydroxylation is 1. The summed E-state index contributed by atoms with van der Waals surface area (Å²) in [7, 11) is 0. The molecular weight excluding hydrogens is 320 g/mol. The van der Waals surface area contributed by atoms with Gasteiger partial charge in [0.25, 0.3) is 5.91 Å². The van der Waals surface area contributed by atoms with Gasteiger partial charge in [-0.2, -0.15) is 5.10 Å². The Hall–Kier alpha value is -1.69. The highest BCUT2D eigenvalue weighted by atomic mass is 79.9. The Bertz CT molecular complexity index is 649. The van der Waals surface area contributed by atoms with Crippen LogP contribution in [0.25, 0.3) is 0 Å². The number of rotatable bonds is 3. The number of pyridine rings is 1. The average Bonchev–Trinajstić information content (AvgIpc) is 2.67. The maximum atomic E-state index is 12.3. The smallest absolute Gasteiger partial charge is 0.275 e. The first-order valence-electron chi connectivity index (χ1n) is 6.39. The summed E-state index contributed by atoms with van der Waals surface area (Å²) in [6.07, 6.45) is 1.59. The number of anilines is 1. The molecule has 0 radical (unpaired) electrons. The van der Waals surface area contributed by atoms with Crippen LogP contribution in [0.15, 0.2) is 22.8 Å². The van der Waals surface area contributed by atoms with Crippen molar-refractivity contribution in [2.45, 2.75) is 33.7 Å². The number of amides is 1. The molecule has 0 bridgehead atoms. The van der Waals surface area contributed by atoms with E-state index in [1.54, 1.807) is 18.3 Å². The van der Waals surface area contributed by atoms with Gasteiger partial charge in [0.2, 0.25) is 0 Å². The van der Waals surface area contributed by atoms with Crippen LogP contribution in [0.1, 0.15) is 41.8 Å². The van der Waals surface area contributed by atoms with Crippen molar-refractivity contribution in [2.24, 2.45) is 0 Å². The van der Waals surface area contributed by atoms with Gasteiger partial charge in [0.15, 0.2) is 0 Å². The molecule has 0 saturated heterocycles. The number of hydrogen-bond donors (Lipinski definition) is 1. The van der Waals surface area contributed by atoms with Crippen molar-refractivity contribution in [1.29, 1.82) is 0 Å². The van der Waals surface area contributed by atoms with E-state index in [9.17, 15) is 4.79 Å². The van der Waals surface area contributed by atoms with Crippen molar-refractivity contribution < 1.29 is 4.79 Å². The van der Waals surface area contributed by atoms with Gasteiger partial charge in [-0.15, -0.1) is 0 Å². The number of carbonyl (C=O) groups excluding carboxylic acids is 1. The predicted molar refractivity (Wildman–Crippen MR) is 82.0 cm³/mol. The van der Waals surface area contributed by atoms with Crippen LogP contribution in [0, 0.1) is 13.8 Å². The first-order chi connectivity index (χ1) is 9.41. The van der Waals surface area contributed by atoms with Crippen molar-refractivity contribution in [3.63, 3.8) is 0 Å². The third-order valence-electron chi connectivity index (χ3n) is 3.03. The summed E-state index contributed by atoms with van der Waals surface area (Å²) < 4.78 is 2.57. The summed E-state index contributed by atoms with van der Waals surface area (Å²) in [6, 6.07) is 3.81. The fourth-order valence-corrected chi connectivity index (χ4v) is 2.51. The summed E-state index contributed by atoms with van der Waals surface area (Å²) in [4.78, 5) is 16.4. The van der Waals surface area contributed by atoms with E-state index < -0.39 is 0 Å². The van der Waals surface area contributed by atoms with Gasteiger partial charge in [0.1, 0.15) is 5.69 Å². The van der Waals surface area contributed by atoms with E-state index in [2.05, 4.69) is 45.2 Å². The number of aromatic nitrogens is 3. The van der Waals surface area contributed by atoms with Gasteiger partial charge in [0.05, 0.1) is 17.1 Å². The van der Waals surface area contributed by atoms with Gasteiger partial charge in [-0.25, -0.2) is 4.98 Å². The number of halogens is 1.